The largest absolute Gasteiger partial charge is 0.435 e. The van der Waals surface area contributed by atoms with E-state index in [1.807, 2.05) is 12.1 Å². The Kier molecular flexibility index (Phi) is 5.05. The lowest BCUT2D eigenvalue weighted by molar-refractivity contribution is -0.141. The highest BCUT2D eigenvalue weighted by Gasteiger charge is 2.36. The van der Waals surface area contributed by atoms with Crippen LogP contribution in [-0.4, -0.2) is 25.0 Å². The molecular weight excluding hydrogens is 495 g/mol. The van der Waals surface area contributed by atoms with E-state index in [-0.39, 0.29) is 22.4 Å². The van der Waals surface area contributed by atoms with Crippen LogP contribution in [0.1, 0.15) is 16.2 Å². The number of anilines is 1. The van der Waals surface area contributed by atoms with Gasteiger partial charge in [-0.3, -0.25) is 4.79 Å². The fourth-order valence-corrected chi connectivity index (χ4v) is 4.23. The van der Waals surface area contributed by atoms with E-state index >= 15 is 0 Å². The summed E-state index contributed by atoms with van der Waals surface area (Å²) in [6.07, 6.45) is -3.42. The molecule has 0 saturated heterocycles. The molecule has 1 aromatic carbocycles. The van der Waals surface area contributed by atoms with Crippen LogP contribution in [0.2, 0.25) is 5.02 Å². The first-order valence-electron chi connectivity index (χ1n) is 7.89. The fraction of sp³-hybridized carbons (Fsp3) is 0.0588. The lowest BCUT2D eigenvalue weighted by Crippen LogP contribution is -2.18. The lowest BCUT2D eigenvalue weighted by atomic mass is 10.2. The van der Waals surface area contributed by atoms with Crippen molar-refractivity contribution in [3.05, 3.63) is 63.5 Å². The van der Waals surface area contributed by atoms with E-state index in [0.29, 0.717) is 15.9 Å². The highest BCUT2D eigenvalue weighted by molar-refractivity contribution is 9.10. The van der Waals surface area contributed by atoms with Gasteiger partial charge in [-0.1, -0.05) is 17.7 Å². The SMILES string of the molecule is O=C(Nc1nsc2cccc(Br)c12)c1cc(C(F)(F)F)nn1-c1ncccc1Cl. The van der Waals surface area contributed by atoms with Crippen molar-refractivity contribution in [2.24, 2.45) is 0 Å². The summed E-state index contributed by atoms with van der Waals surface area (Å²) in [5, 5.41) is 6.73. The summed E-state index contributed by atoms with van der Waals surface area (Å²) >= 11 is 10.6. The number of alkyl halides is 3. The molecule has 4 aromatic rings. The molecule has 3 aromatic heterocycles. The first kappa shape index (κ1) is 19.8. The van der Waals surface area contributed by atoms with E-state index in [9.17, 15) is 18.0 Å². The summed E-state index contributed by atoms with van der Waals surface area (Å²) in [5.41, 5.74) is -1.63. The summed E-state index contributed by atoms with van der Waals surface area (Å²) < 4.78 is 46.1. The molecule has 0 unspecified atom stereocenters. The van der Waals surface area contributed by atoms with Crippen molar-refractivity contribution >= 4 is 60.9 Å². The van der Waals surface area contributed by atoms with Crippen LogP contribution in [0.4, 0.5) is 19.0 Å². The third-order valence-electron chi connectivity index (χ3n) is 3.85. The number of pyridine rings is 1. The molecule has 4 rings (SSSR count). The third-order valence-corrected chi connectivity index (χ3v) is 5.62. The molecule has 6 nitrogen and oxygen atoms in total. The molecular formula is C17H8BrClF3N5OS. The van der Waals surface area contributed by atoms with Crippen LogP contribution in [0.25, 0.3) is 15.9 Å². The number of fused-ring (bicyclic) bond motifs is 1. The number of nitrogens with zero attached hydrogens (tertiary/aromatic N) is 4. The summed E-state index contributed by atoms with van der Waals surface area (Å²) in [5.74, 6) is -0.715. The van der Waals surface area contributed by atoms with Crippen molar-refractivity contribution in [2.75, 3.05) is 5.32 Å². The summed E-state index contributed by atoms with van der Waals surface area (Å²) in [6, 6.07) is 8.98. The molecule has 12 heteroatoms. The van der Waals surface area contributed by atoms with Gasteiger partial charge in [-0.15, -0.1) is 0 Å². The molecule has 1 N–H and O–H groups in total. The molecule has 0 aliphatic rings. The van der Waals surface area contributed by atoms with Gasteiger partial charge >= 0.3 is 6.18 Å². The normalized spacial score (nSPS) is 11.8. The number of benzene rings is 1. The Balaban J connectivity index is 1.80. The summed E-state index contributed by atoms with van der Waals surface area (Å²) in [4.78, 5) is 16.8. The van der Waals surface area contributed by atoms with Gasteiger partial charge in [0, 0.05) is 16.7 Å². The Morgan fingerprint density at radius 2 is 2.03 bits per heavy atom. The number of hydrogen-bond acceptors (Lipinski definition) is 5. The number of rotatable bonds is 3. The Bertz CT molecular complexity index is 1240. The number of hydrogen-bond donors (Lipinski definition) is 1. The predicted octanol–water partition coefficient (Wildman–Crippen LogP) is 5.56. The number of amides is 1. The van der Waals surface area contributed by atoms with Gasteiger partial charge in [0.1, 0.15) is 5.69 Å². The molecule has 0 saturated carbocycles. The van der Waals surface area contributed by atoms with Gasteiger partial charge in [0.25, 0.3) is 5.91 Å². The Labute approximate surface area is 178 Å². The average molecular weight is 503 g/mol. The predicted molar refractivity (Wildman–Crippen MR) is 107 cm³/mol. The number of nitrogens with one attached hydrogen (secondary N) is 1. The average Bonchev–Trinajstić information content (AvgIpc) is 3.27. The molecule has 0 fully saturated rings. The van der Waals surface area contributed by atoms with Crippen molar-refractivity contribution in [3.63, 3.8) is 0 Å². The fourth-order valence-electron chi connectivity index (χ4n) is 2.58. The van der Waals surface area contributed by atoms with Crippen LogP contribution in [0, 0.1) is 0 Å². The monoisotopic (exact) mass is 501 g/mol. The zero-order chi connectivity index (χ0) is 20.8. The topological polar surface area (TPSA) is 72.7 Å². The molecule has 148 valence electrons. The minimum Gasteiger partial charge on any atom is -0.304 e. The number of carbonyl (C=O) groups excluding carboxylic acids is 1. The lowest BCUT2D eigenvalue weighted by Gasteiger charge is -2.08. The zero-order valence-corrected chi connectivity index (χ0v) is 17.2. The van der Waals surface area contributed by atoms with Crippen LogP contribution >= 0.6 is 39.1 Å². The van der Waals surface area contributed by atoms with Crippen molar-refractivity contribution < 1.29 is 18.0 Å². The Hall–Kier alpha value is -2.50. The van der Waals surface area contributed by atoms with E-state index in [4.69, 9.17) is 11.6 Å². The maximum Gasteiger partial charge on any atom is 0.435 e. The Morgan fingerprint density at radius 1 is 1.24 bits per heavy atom. The van der Waals surface area contributed by atoms with Crippen LogP contribution in [0.15, 0.2) is 47.1 Å². The number of aromatic nitrogens is 4. The van der Waals surface area contributed by atoms with Crippen LogP contribution in [0.5, 0.6) is 0 Å². The standard InChI is InChI=1S/C17H8BrClF3N5OS/c18-8-3-1-5-11-13(8)14(26-29-11)24-16(28)10-7-12(17(20,21)22)25-27(10)15-9(19)4-2-6-23-15/h1-7H,(H,24,26,28). The molecule has 0 aliphatic carbocycles. The maximum absolute atomic E-state index is 13.2. The second kappa shape index (κ2) is 7.39. The Morgan fingerprint density at radius 3 is 2.76 bits per heavy atom. The molecule has 0 aliphatic heterocycles. The molecule has 0 bridgehead atoms. The van der Waals surface area contributed by atoms with Crippen molar-refractivity contribution in [1.82, 2.24) is 19.1 Å². The van der Waals surface area contributed by atoms with E-state index in [2.05, 4.69) is 35.7 Å². The molecule has 1 amide bonds. The van der Waals surface area contributed by atoms with E-state index < -0.39 is 17.8 Å². The molecule has 0 atom stereocenters. The first-order chi connectivity index (χ1) is 13.8. The van der Waals surface area contributed by atoms with Crippen LogP contribution in [0.3, 0.4) is 0 Å². The van der Waals surface area contributed by atoms with Crippen molar-refractivity contribution in [1.29, 1.82) is 0 Å². The van der Waals surface area contributed by atoms with E-state index in [1.165, 1.54) is 18.3 Å². The second-order valence-corrected chi connectivity index (χ2v) is 7.80. The second-order valence-electron chi connectivity index (χ2n) is 5.73. The molecule has 0 spiro atoms. The third kappa shape index (κ3) is 3.72. The minimum atomic E-state index is -4.75. The smallest absolute Gasteiger partial charge is 0.304 e. The maximum atomic E-state index is 13.2. The highest BCUT2D eigenvalue weighted by Crippen LogP contribution is 2.34. The van der Waals surface area contributed by atoms with E-state index in [1.54, 1.807) is 6.07 Å². The quantitative estimate of drug-likeness (QED) is 0.398. The number of halogens is 5. The summed E-state index contributed by atoms with van der Waals surface area (Å²) in [7, 11) is 0. The van der Waals surface area contributed by atoms with Crippen molar-refractivity contribution in [2.45, 2.75) is 6.18 Å². The number of carbonyl (C=O) groups is 1. The van der Waals surface area contributed by atoms with Gasteiger partial charge in [-0.2, -0.15) is 22.6 Å². The van der Waals surface area contributed by atoms with Crippen LogP contribution in [-0.2, 0) is 6.18 Å². The first-order valence-corrected chi connectivity index (χ1v) is 9.83. The van der Waals surface area contributed by atoms with Gasteiger partial charge in [-0.05, 0) is 51.7 Å². The van der Waals surface area contributed by atoms with Gasteiger partial charge in [0.15, 0.2) is 17.3 Å². The van der Waals surface area contributed by atoms with Gasteiger partial charge in [0.2, 0.25) is 0 Å². The minimum absolute atomic E-state index is 0.0419. The molecule has 3 heterocycles. The van der Waals surface area contributed by atoms with Gasteiger partial charge in [0.05, 0.1) is 15.1 Å². The van der Waals surface area contributed by atoms with E-state index in [0.717, 1.165) is 20.9 Å². The molecule has 29 heavy (non-hydrogen) atoms. The van der Waals surface area contributed by atoms with Gasteiger partial charge < -0.3 is 5.32 Å². The van der Waals surface area contributed by atoms with Crippen molar-refractivity contribution in [3.8, 4) is 5.82 Å². The summed E-state index contributed by atoms with van der Waals surface area (Å²) in [6.45, 7) is 0. The van der Waals surface area contributed by atoms with Crippen LogP contribution < -0.4 is 5.32 Å². The van der Waals surface area contributed by atoms with Gasteiger partial charge in [-0.25, -0.2) is 9.67 Å². The zero-order valence-electron chi connectivity index (χ0n) is 14.0. The highest BCUT2D eigenvalue weighted by atomic mass is 79.9. The molecule has 0 radical (unpaired) electrons.